The number of nitrogens with zero attached hydrogens (tertiary/aromatic N) is 2. The number of benzene rings is 1. The molecule has 1 aromatic carbocycles. The molecule has 6 nitrogen and oxygen atoms in total. The Morgan fingerprint density at radius 2 is 1.80 bits per heavy atom. The Morgan fingerprint density at radius 1 is 1.10 bits per heavy atom. The lowest BCUT2D eigenvalue weighted by Gasteiger charge is -2.04. The van der Waals surface area contributed by atoms with Crippen molar-refractivity contribution in [1.29, 1.82) is 0 Å². The number of nitrogens with one attached hydrogen (secondary N) is 1. The first kappa shape index (κ1) is 13.5. The molecule has 102 valence electrons. The molecule has 0 unspecified atom stereocenters. The number of hydrazone groups is 1. The third-order valence-electron chi connectivity index (χ3n) is 2.66. The van der Waals surface area contributed by atoms with E-state index in [1.807, 2.05) is 0 Å². The van der Waals surface area contributed by atoms with Gasteiger partial charge in [-0.05, 0) is 37.3 Å². The number of carbonyl (C=O) groups is 1. The van der Waals surface area contributed by atoms with Crippen LogP contribution in [0.25, 0.3) is 0 Å². The van der Waals surface area contributed by atoms with Crippen molar-refractivity contribution in [3.8, 4) is 11.5 Å². The van der Waals surface area contributed by atoms with Gasteiger partial charge in [0.1, 0.15) is 0 Å². The quantitative estimate of drug-likeness (QED) is 0.449. The maximum Gasteiger partial charge on any atom is 0.271 e. The second kappa shape index (κ2) is 5.83. The SMILES string of the molecule is CC(=NNC(=O)c1ccncc1)c1ccc(O)c(O)c1. The first-order valence-corrected chi connectivity index (χ1v) is 5.85. The molecule has 0 fully saturated rings. The zero-order valence-corrected chi connectivity index (χ0v) is 10.7. The van der Waals surface area contributed by atoms with Gasteiger partial charge in [0.25, 0.3) is 5.91 Å². The summed E-state index contributed by atoms with van der Waals surface area (Å²) in [5.41, 5.74) is 3.95. The maximum atomic E-state index is 11.8. The largest absolute Gasteiger partial charge is 0.504 e. The van der Waals surface area contributed by atoms with Crippen molar-refractivity contribution in [1.82, 2.24) is 10.4 Å². The van der Waals surface area contributed by atoms with E-state index < -0.39 is 0 Å². The van der Waals surface area contributed by atoms with Crippen LogP contribution >= 0.6 is 0 Å². The van der Waals surface area contributed by atoms with Crippen LogP contribution in [-0.2, 0) is 0 Å². The lowest BCUT2D eigenvalue weighted by Crippen LogP contribution is -2.19. The van der Waals surface area contributed by atoms with Crippen LogP contribution in [0, 0.1) is 0 Å². The minimum Gasteiger partial charge on any atom is -0.504 e. The number of hydrogen-bond acceptors (Lipinski definition) is 5. The average Bonchev–Trinajstić information content (AvgIpc) is 2.48. The molecule has 1 heterocycles. The minimum atomic E-state index is -0.352. The molecule has 0 bridgehead atoms. The average molecular weight is 271 g/mol. The Labute approximate surface area is 115 Å². The first-order valence-electron chi connectivity index (χ1n) is 5.85. The van der Waals surface area contributed by atoms with Gasteiger partial charge in [-0.1, -0.05) is 0 Å². The highest BCUT2D eigenvalue weighted by Crippen LogP contribution is 2.24. The number of aromatic nitrogens is 1. The summed E-state index contributed by atoms with van der Waals surface area (Å²) in [5.74, 6) is -0.797. The molecule has 3 N–H and O–H groups in total. The summed E-state index contributed by atoms with van der Waals surface area (Å²) in [4.78, 5) is 15.6. The fourth-order valence-corrected chi connectivity index (χ4v) is 1.52. The van der Waals surface area contributed by atoms with Gasteiger partial charge in [-0.15, -0.1) is 0 Å². The van der Waals surface area contributed by atoms with Gasteiger partial charge >= 0.3 is 0 Å². The van der Waals surface area contributed by atoms with E-state index in [4.69, 9.17) is 0 Å². The molecule has 6 heteroatoms. The summed E-state index contributed by atoms with van der Waals surface area (Å²) in [5, 5.41) is 22.6. The van der Waals surface area contributed by atoms with Gasteiger partial charge < -0.3 is 10.2 Å². The fourth-order valence-electron chi connectivity index (χ4n) is 1.52. The summed E-state index contributed by atoms with van der Waals surface area (Å²) in [7, 11) is 0. The second-order valence-corrected chi connectivity index (χ2v) is 4.08. The molecule has 0 aliphatic carbocycles. The third kappa shape index (κ3) is 3.11. The van der Waals surface area contributed by atoms with E-state index in [1.54, 1.807) is 25.1 Å². The van der Waals surface area contributed by atoms with Gasteiger partial charge in [-0.25, -0.2) is 5.43 Å². The van der Waals surface area contributed by atoms with Gasteiger partial charge in [-0.2, -0.15) is 5.10 Å². The Bertz CT molecular complexity index is 654. The molecule has 0 saturated heterocycles. The number of hydrogen-bond donors (Lipinski definition) is 3. The summed E-state index contributed by atoms with van der Waals surface area (Å²) in [6.45, 7) is 1.68. The predicted octanol–water partition coefficient (Wildman–Crippen LogP) is 1.65. The zero-order valence-electron chi connectivity index (χ0n) is 10.7. The van der Waals surface area contributed by atoms with Crippen molar-refractivity contribution in [3.63, 3.8) is 0 Å². The maximum absolute atomic E-state index is 11.8. The van der Waals surface area contributed by atoms with E-state index in [9.17, 15) is 15.0 Å². The number of phenolic OH excluding ortho intramolecular Hbond substituents is 2. The first-order chi connectivity index (χ1) is 9.58. The van der Waals surface area contributed by atoms with Crippen molar-refractivity contribution in [2.45, 2.75) is 6.92 Å². The van der Waals surface area contributed by atoms with E-state index in [0.717, 1.165) is 0 Å². The number of rotatable bonds is 3. The second-order valence-electron chi connectivity index (χ2n) is 4.08. The highest BCUT2D eigenvalue weighted by atomic mass is 16.3. The van der Waals surface area contributed by atoms with Crippen LogP contribution in [0.15, 0.2) is 47.8 Å². The predicted molar refractivity (Wildman–Crippen MR) is 73.7 cm³/mol. The van der Waals surface area contributed by atoms with Crippen LogP contribution in [0.3, 0.4) is 0 Å². The molecule has 2 rings (SSSR count). The monoisotopic (exact) mass is 271 g/mol. The molecule has 0 aliphatic rings. The van der Waals surface area contributed by atoms with E-state index in [0.29, 0.717) is 16.8 Å². The molecule has 0 saturated carbocycles. The molecule has 1 amide bonds. The summed E-state index contributed by atoms with van der Waals surface area (Å²) >= 11 is 0. The van der Waals surface area contributed by atoms with Crippen LogP contribution in [0.4, 0.5) is 0 Å². The molecular weight excluding hydrogens is 258 g/mol. The Morgan fingerprint density at radius 3 is 2.45 bits per heavy atom. The standard InChI is InChI=1S/C14H13N3O3/c1-9(11-2-3-12(18)13(19)8-11)16-17-14(20)10-4-6-15-7-5-10/h2-8,18-19H,1H3,(H,17,20). The van der Waals surface area contributed by atoms with Crippen LogP contribution in [0.1, 0.15) is 22.8 Å². The zero-order chi connectivity index (χ0) is 14.5. The Hall–Kier alpha value is -2.89. The highest BCUT2D eigenvalue weighted by molar-refractivity contribution is 6.01. The van der Waals surface area contributed by atoms with Crippen molar-refractivity contribution in [2.24, 2.45) is 5.10 Å². The van der Waals surface area contributed by atoms with Crippen molar-refractivity contribution >= 4 is 11.6 Å². The summed E-state index contributed by atoms with van der Waals surface area (Å²) in [6.07, 6.45) is 3.03. The molecule has 0 atom stereocenters. The van der Waals surface area contributed by atoms with Crippen molar-refractivity contribution in [3.05, 3.63) is 53.9 Å². The lowest BCUT2D eigenvalue weighted by atomic mass is 10.1. The van der Waals surface area contributed by atoms with E-state index in [-0.39, 0.29) is 17.4 Å². The summed E-state index contributed by atoms with van der Waals surface area (Å²) in [6, 6.07) is 7.47. The topological polar surface area (TPSA) is 94.8 Å². The number of pyridine rings is 1. The van der Waals surface area contributed by atoms with Crippen LogP contribution in [-0.4, -0.2) is 26.8 Å². The molecular formula is C14H13N3O3. The van der Waals surface area contributed by atoms with Gasteiger partial charge in [0.05, 0.1) is 5.71 Å². The lowest BCUT2D eigenvalue weighted by molar-refractivity contribution is 0.0954. The molecule has 0 spiro atoms. The van der Waals surface area contributed by atoms with Crippen molar-refractivity contribution in [2.75, 3.05) is 0 Å². The van der Waals surface area contributed by atoms with E-state index in [2.05, 4.69) is 15.5 Å². The van der Waals surface area contributed by atoms with E-state index in [1.165, 1.54) is 24.5 Å². The Kier molecular flexibility index (Phi) is 3.95. The van der Waals surface area contributed by atoms with Crippen LogP contribution in [0.5, 0.6) is 11.5 Å². The van der Waals surface area contributed by atoms with Gasteiger partial charge in [0.2, 0.25) is 0 Å². The van der Waals surface area contributed by atoms with Crippen molar-refractivity contribution < 1.29 is 15.0 Å². The number of phenols is 2. The van der Waals surface area contributed by atoms with Gasteiger partial charge in [-0.3, -0.25) is 9.78 Å². The number of amides is 1. The minimum absolute atomic E-state index is 0.206. The Balaban J connectivity index is 2.11. The number of carbonyl (C=O) groups excluding carboxylic acids is 1. The van der Waals surface area contributed by atoms with Gasteiger partial charge in [0.15, 0.2) is 11.5 Å². The fraction of sp³-hybridized carbons (Fsp3) is 0.0714. The van der Waals surface area contributed by atoms with Gasteiger partial charge in [0, 0.05) is 23.5 Å². The molecule has 0 radical (unpaired) electrons. The summed E-state index contributed by atoms with van der Waals surface area (Å²) < 4.78 is 0. The molecule has 0 aliphatic heterocycles. The van der Waals surface area contributed by atoms with E-state index >= 15 is 0 Å². The third-order valence-corrected chi connectivity index (χ3v) is 2.66. The molecule has 1 aromatic heterocycles. The van der Waals surface area contributed by atoms with Crippen LogP contribution in [0.2, 0.25) is 0 Å². The number of aromatic hydroxyl groups is 2. The molecule has 2 aromatic rings. The smallest absolute Gasteiger partial charge is 0.271 e. The van der Waals surface area contributed by atoms with Crippen LogP contribution < -0.4 is 5.43 Å². The normalized spacial score (nSPS) is 11.2. The highest BCUT2D eigenvalue weighted by Gasteiger charge is 2.06. The molecule has 20 heavy (non-hydrogen) atoms.